The molecule has 2 amide bonds. The van der Waals surface area contributed by atoms with E-state index in [1.54, 1.807) is 0 Å². The number of para-hydroxylation sites is 1. The van der Waals surface area contributed by atoms with Crippen molar-refractivity contribution in [3.8, 4) is 0 Å². The topological polar surface area (TPSA) is 121 Å². The Balaban J connectivity index is 1.02. The molecule has 0 unspecified atom stereocenters. The highest BCUT2D eigenvalue weighted by Gasteiger charge is 2.60. The van der Waals surface area contributed by atoms with Crippen LogP contribution >= 0.6 is 0 Å². The summed E-state index contributed by atoms with van der Waals surface area (Å²) in [4.78, 5) is 40.6. The number of carboxylic acid groups (broad SMARTS) is 1. The number of nitrogens with one attached hydrogen (secondary N) is 3. The van der Waals surface area contributed by atoms with E-state index in [-0.39, 0.29) is 24.5 Å². The number of hydrogen-bond donors (Lipinski definition) is 4. The first-order chi connectivity index (χ1) is 23.5. The lowest BCUT2D eigenvalue weighted by molar-refractivity contribution is -0.137. The van der Waals surface area contributed by atoms with Crippen molar-refractivity contribution in [3.05, 3.63) is 36.0 Å². The van der Waals surface area contributed by atoms with Gasteiger partial charge in [0, 0.05) is 36.1 Å². The van der Waals surface area contributed by atoms with Gasteiger partial charge < -0.3 is 25.5 Å². The van der Waals surface area contributed by atoms with Gasteiger partial charge in [0.2, 0.25) is 5.91 Å². The molecule has 49 heavy (non-hydrogen) atoms. The molecule has 8 heteroatoms. The van der Waals surface area contributed by atoms with Gasteiger partial charge in [0.1, 0.15) is 6.10 Å². The van der Waals surface area contributed by atoms with E-state index in [0.29, 0.717) is 48.0 Å². The Bertz CT molecular complexity index is 1470. The van der Waals surface area contributed by atoms with Crippen molar-refractivity contribution >= 4 is 28.9 Å². The van der Waals surface area contributed by atoms with Crippen molar-refractivity contribution < 1.29 is 24.2 Å². The van der Waals surface area contributed by atoms with Gasteiger partial charge in [-0.05, 0) is 135 Å². The van der Waals surface area contributed by atoms with Gasteiger partial charge in [-0.25, -0.2) is 4.79 Å². The number of aromatic nitrogens is 1. The number of alkyl carbamates (subject to hydrolysis) is 1. The first kappa shape index (κ1) is 35.8. The third kappa shape index (κ3) is 7.54. The van der Waals surface area contributed by atoms with Gasteiger partial charge in [0.15, 0.2) is 0 Å². The summed E-state index contributed by atoms with van der Waals surface area (Å²) >= 11 is 0. The van der Waals surface area contributed by atoms with Gasteiger partial charge in [-0.1, -0.05) is 52.3 Å². The van der Waals surface area contributed by atoms with E-state index in [1.807, 2.05) is 30.5 Å². The molecule has 4 aliphatic carbocycles. The fraction of sp³-hybridized carbons (Fsp3) is 0.732. The van der Waals surface area contributed by atoms with Gasteiger partial charge >= 0.3 is 12.1 Å². The summed E-state index contributed by atoms with van der Waals surface area (Å²) in [5.74, 6) is 3.05. The third-order valence-corrected chi connectivity index (χ3v) is 14.2. The second-order valence-electron chi connectivity index (χ2n) is 16.9. The van der Waals surface area contributed by atoms with Crippen molar-refractivity contribution in [2.24, 2.45) is 46.3 Å². The summed E-state index contributed by atoms with van der Waals surface area (Å²) in [5, 5.41) is 16.7. The van der Waals surface area contributed by atoms with Crippen molar-refractivity contribution in [1.29, 1.82) is 0 Å². The number of aliphatic carboxylic acids is 1. The first-order valence-corrected chi connectivity index (χ1v) is 19.5. The Kier molecular flexibility index (Phi) is 11.0. The molecule has 8 nitrogen and oxygen atoms in total. The second kappa shape index (κ2) is 15.1. The Hall–Kier alpha value is -3.03. The summed E-state index contributed by atoms with van der Waals surface area (Å²) in [6.45, 7) is 10.3. The smallest absolute Gasteiger partial charge is 0.407 e. The summed E-state index contributed by atoms with van der Waals surface area (Å²) in [7, 11) is 0. The standard InChI is InChI=1S/C41H61N3O5/c1-5-6-21-42-39(48)49-30-17-19-40(3)28(23-30)12-13-32-34-15-14-33(41(34,4)20-18-35(32)40)26(2)11-16-37(45)44-29(24-38(46)47)22-27-25-43-36-10-8-7-9-31(27)36/h7-10,25-26,28-30,32-35,43H,5-6,11-24H2,1-4H3,(H,42,48)(H,44,45)(H,46,47)/t26-,28-,29+,30-,32+,33-,34+,35+,40+,41-/m1/s1. The minimum atomic E-state index is -0.895. The fourth-order valence-electron chi connectivity index (χ4n) is 11.7. The van der Waals surface area contributed by atoms with Crippen LogP contribution in [0.25, 0.3) is 10.9 Å². The highest BCUT2D eigenvalue weighted by Crippen LogP contribution is 2.68. The zero-order valence-electron chi connectivity index (χ0n) is 30.4. The van der Waals surface area contributed by atoms with Crippen molar-refractivity contribution in [1.82, 2.24) is 15.6 Å². The third-order valence-electron chi connectivity index (χ3n) is 14.2. The molecule has 0 bridgehead atoms. The van der Waals surface area contributed by atoms with Crippen LogP contribution in [-0.2, 0) is 20.7 Å². The first-order valence-electron chi connectivity index (χ1n) is 19.5. The number of unbranched alkanes of at least 4 members (excludes halogenated alkanes) is 1. The van der Waals surface area contributed by atoms with Crippen molar-refractivity contribution in [2.75, 3.05) is 6.54 Å². The second-order valence-corrected chi connectivity index (χ2v) is 16.9. The molecular weight excluding hydrogens is 614 g/mol. The molecule has 1 aromatic carbocycles. The van der Waals surface area contributed by atoms with Crippen LogP contribution < -0.4 is 10.6 Å². The normalized spacial score (nSPS) is 33.5. The van der Waals surface area contributed by atoms with Crippen LogP contribution in [0.5, 0.6) is 0 Å². The van der Waals surface area contributed by atoms with E-state index in [9.17, 15) is 19.5 Å². The van der Waals surface area contributed by atoms with Gasteiger partial charge in [-0.15, -0.1) is 0 Å². The predicted octanol–water partition coefficient (Wildman–Crippen LogP) is 8.64. The van der Waals surface area contributed by atoms with Crippen LogP contribution in [0.4, 0.5) is 4.79 Å². The highest BCUT2D eigenvalue weighted by atomic mass is 16.6. The molecule has 4 N–H and O–H groups in total. The minimum absolute atomic E-state index is 0.0365. The molecule has 4 saturated carbocycles. The van der Waals surface area contributed by atoms with E-state index in [1.165, 1.54) is 38.5 Å². The molecule has 2 aromatic rings. The number of hydrogen-bond acceptors (Lipinski definition) is 4. The van der Waals surface area contributed by atoms with Crippen molar-refractivity contribution in [3.63, 3.8) is 0 Å². The minimum Gasteiger partial charge on any atom is -0.481 e. The highest BCUT2D eigenvalue weighted by molar-refractivity contribution is 5.83. The van der Waals surface area contributed by atoms with E-state index in [0.717, 1.165) is 72.7 Å². The molecule has 6 rings (SSSR count). The van der Waals surface area contributed by atoms with E-state index < -0.39 is 12.0 Å². The number of amides is 2. The fourth-order valence-corrected chi connectivity index (χ4v) is 11.7. The van der Waals surface area contributed by atoms with Gasteiger partial charge in [0.25, 0.3) is 0 Å². The molecule has 1 aromatic heterocycles. The molecular formula is C41H61N3O5. The number of benzene rings is 1. The predicted molar refractivity (Wildman–Crippen MR) is 193 cm³/mol. The number of ether oxygens (including phenoxy) is 1. The van der Waals surface area contributed by atoms with Crippen LogP contribution in [0.2, 0.25) is 0 Å². The lowest BCUT2D eigenvalue weighted by Crippen LogP contribution is -2.54. The van der Waals surface area contributed by atoms with Crippen molar-refractivity contribution in [2.45, 2.75) is 136 Å². The zero-order valence-corrected chi connectivity index (χ0v) is 30.4. The average Bonchev–Trinajstić information content (AvgIpc) is 3.64. The maximum absolute atomic E-state index is 13.3. The van der Waals surface area contributed by atoms with Crippen LogP contribution in [0, 0.1) is 46.3 Å². The molecule has 0 radical (unpaired) electrons. The largest absolute Gasteiger partial charge is 0.481 e. The summed E-state index contributed by atoms with van der Waals surface area (Å²) in [6.07, 6.45) is 16.3. The van der Waals surface area contributed by atoms with E-state index in [4.69, 9.17) is 4.74 Å². The molecule has 4 fully saturated rings. The maximum atomic E-state index is 13.3. The number of H-pyrrole nitrogens is 1. The quantitative estimate of drug-likeness (QED) is 0.158. The number of carbonyl (C=O) groups excluding carboxylic acids is 2. The lowest BCUT2D eigenvalue weighted by Gasteiger charge is -2.61. The van der Waals surface area contributed by atoms with Crippen LogP contribution in [-0.4, -0.2) is 46.8 Å². The molecule has 10 atom stereocenters. The number of rotatable bonds is 13. The summed E-state index contributed by atoms with van der Waals surface area (Å²) in [5.41, 5.74) is 2.71. The van der Waals surface area contributed by atoms with Gasteiger partial charge in [-0.2, -0.15) is 0 Å². The summed E-state index contributed by atoms with van der Waals surface area (Å²) in [6, 6.07) is 7.57. The van der Waals surface area contributed by atoms with Gasteiger partial charge in [-0.3, -0.25) is 9.59 Å². The van der Waals surface area contributed by atoms with Crippen LogP contribution in [0.15, 0.2) is 30.5 Å². The molecule has 0 spiro atoms. The molecule has 0 saturated heterocycles. The lowest BCUT2D eigenvalue weighted by atomic mass is 9.44. The monoisotopic (exact) mass is 675 g/mol. The Morgan fingerprint density at radius 2 is 1.80 bits per heavy atom. The number of carbonyl (C=O) groups is 3. The van der Waals surface area contributed by atoms with E-state index >= 15 is 0 Å². The van der Waals surface area contributed by atoms with Gasteiger partial charge in [0.05, 0.1) is 6.42 Å². The molecule has 0 aliphatic heterocycles. The Morgan fingerprint density at radius 1 is 1.02 bits per heavy atom. The van der Waals surface area contributed by atoms with Crippen LogP contribution in [0.1, 0.15) is 123 Å². The molecule has 270 valence electrons. The number of aromatic amines is 1. The number of fused-ring (bicyclic) bond motifs is 6. The maximum Gasteiger partial charge on any atom is 0.407 e. The summed E-state index contributed by atoms with van der Waals surface area (Å²) < 4.78 is 5.90. The average molecular weight is 676 g/mol. The number of carboxylic acids is 1. The SMILES string of the molecule is CCCCNC(=O)O[C@@H]1CC[C@@]2(C)[C@H](CC[C@@H]3[C@@H]2CC[C@]2(C)[C@@H]([C@H](C)CCC(=O)N[C@H](CC(=O)O)Cc4c[nH]c5ccccc45)CC[C@@H]32)C1. The Morgan fingerprint density at radius 3 is 2.59 bits per heavy atom. The van der Waals surface area contributed by atoms with Crippen LogP contribution in [0.3, 0.4) is 0 Å². The Labute approximate surface area is 293 Å². The van der Waals surface area contributed by atoms with E-state index in [2.05, 4.69) is 43.3 Å². The molecule has 4 aliphatic rings. The zero-order chi connectivity index (χ0) is 34.8. The molecule has 1 heterocycles.